The van der Waals surface area contributed by atoms with E-state index in [1.54, 1.807) is 11.2 Å². The van der Waals surface area contributed by atoms with Crippen molar-refractivity contribution in [3.8, 4) is 11.4 Å². The van der Waals surface area contributed by atoms with E-state index in [2.05, 4.69) is 25.4 Å². The van der Waals surface area contributed by atoms with Gasteiger partial charge in [0.25, 0.3) is 0 Å². The normalized spacial score (nSPS) is 24.1. The lowest BCUT2D eigenvalue weighted by Crippen LogP contribution is -2.46. The SMILES string of the molecule is O=C(O)[C@@H]1C[C@@H]2CCCC[C@@H]2N1Nc1nc(-c2c[nH]c3ncc(F)cc23)ncc1F. The van der Waals surface area contributed by atoms with Crippen LogP contribution in [-0.4, -0.2) is 48.1 Å². The first-order valence-corrected chi connectivity index (χ1v) is 9.94. The summed E-state index contributed by atoms with van der Waals surface area (Å²) in [6, 6.07) is 0.577. The maximum Gasteiger partial charge on any atom is 0.322 e. The number of aromatic amines is 1. The van der Waals surface area contributed by atoms with E-state index < -0.39 is 23.6 Å². The van der Waals surface area contributed by atoms with Gasteiger partial charge in [-0.15, -0.1) is 0 Å². The molecule has 2 aliphatic rings. The highest BCUT2D eigenvalue weighted by Crippen LogP contribution is 2.40. The predicted octanol–water partition coefficient (Wildman–Crippen LogP) is 3.34. The molecule has 1 aliphatic heterocycles. The number of anilines is 1. The summed E-state index contributed by atoms with van der Waals surface area (Å²) in [5, 5.41) is 11.8. The van der Waals surface area contributed by atoms with Crippen molar-refractivity contribution >= 4 is 22.8 Å². The summed E-state index contributed by atoms with van der Waals surface area (Å²) in [4.78, 5) is 27.0. The van der Waals surface area contributed by atoms with Crippen LogP contribution in [0.2, 0.25) is 0 Å². The second-order valence-corrected chi connectivity index (χ2v) is 7.86. The zero-order valence-corrected chi connectivity index (χ0v) is 16.0. The fraction of sp³-hybridized carbons (Fsp3) is 0.400. The van der Waals surface area contributed by atoms with Crippen molar-refractivity contribution in [2.75, 3.05) is 5.43 Å². The quantitative estimate of drug-likeness (QED) is 0.601. The highest BCUT2D eigenvalue weighted by Gasteiger charge is 2.46. The van der Waals surface area contributed by atoms with Crippen molar-refractivity contribution in [2.24, 2.45) is 5.92 Å². The number of rotatable bonds is 4. The Balaban J connectivity index is 1.50. The van der Waals surface area contributed by atoms with Crippen LogP contribution in [0.15, 0.2) is 24.7 Å². The number of H-pyrrole nitrogens is 1. The number of hydrogen-bond donors (Lipinski definition) is 3. The summed E-state index contributed by atoms with van der Waals surface area (Å²) in [6.45, 7) is 0. The number of halogens is 2. The van der Waals surface area contributed by atoms with Gasteiger partial charge in [0.1, 0.15) is 17.5 Å². The molecular formula is C20H20F2N6O2. The summed E-state index contributed by atoms with van der Waals surface area (Å²) >= 11 is 0. The Labute approximate surface area is 170 Å². The minimum absolute atomic E-state index is 0.0176. The van der Waals surface area contributed by atoms with Crippen LogP contribution in [0, 0.1) is 17.6 Å². The van der Waals surface area contributed by atoms with Crippen LogP contribution in [0.5, 0.6) is 0 Å². The Hall–Kier alpha value is -3.14. The maximum atomic E-state index is 14.6. The van der Waals surface area contributed by atoms with Crippen LogP contribution in [0.4, 0.5) is 14.6 Å². The van der Waals surface area contributed by atoms with Crippen LogP contribution in [0.1, 0.15) is 32.1 Å². The summed E-state index contributed by atoms with van der Waals surface area (Å²) in [5.41, 5.74) is 3.87. The van der Waals surface area contributed by atoms with E-state index in [-0.39, 0.29) is 23.6 Å². The van der Waals surface area contributed by atoms with Crippen molar-refractivity contribution < 1.29 is 18.7 Å². The maximum absolute atomic E-state index is 14.6. The first-order chi connectivity index (χ1) is 14.5. The Morgan fingerprint density at radius 1 is 1.23 bits per heavy atom. The molecule has 0 spiro atoms. The molecular weight excluding hydrogens is 394 g/mol. The second kappa shape index (κ2) is 7.28. The molecule has 0 aromatic carbocycles. The van der Waals surface area contributed by atoms with E-state index in [4.69, 9.17) is 0 Å². The molecule has 0 bridgehead atoms. The molecule has 156 valence electrons. The fourth-order valence-electron chi connectivity index (χ4n) is 4.70. The lowest BCUT2D eigenvalue weighted by Gasteiger charge is -2.33. The monoisotopic (exact) mass is 414 g/mol. The first kappa shape index (κ1) is 18.9. The smallest absolute Gasteiger partial charge is 0.322 e. The highest BCUT2D eigenvalue weighted by molar-refractivity contribution is 5.91. The van der Waals surface area contributed by atoms with Crippen molar-refractivity contribution in [3.05, 3.63) is 36.3 Å². The molecule has 4 heterocycles. The van der Waals surface area contributed by atoms with Gasteiger partial charge in [-0.1, -0.05) is 12.8 Å². The van der Waals surface area contributed by atoms with E-state index in [9.17, 15) is 18.7 Å². The molecule has 2 fully saturated rings. The number of nitrogens with zero attached hydrogens (tertiary/aromatic N) is 4. The average Bonchev–Trinajstić information content (AvgIpc) is 3.31. The minimum atomic E-state index is -0.940. The van der Waals surface area contributed by atoms with Gasteiger partial charge in [-0.05, 0) is 31.2 Å². The molecule has 30 heavy (non-hydrogen) atoms. The first-order valence-electron chi connectivity index (χ1n) is 9.94. The fourth-order valence-corrected chi connectivity index (χ4v) is 4.70. The number of aliphatic carboxylic acids is 1. The highest BCUT2D eigenvalue weighted by atomic mass is 19.1. The standard InChI is InChI=1S/C20H20F2N6O2/c21-11-6-12-13(8-24-17(12)23-7-11)18-25-9-14(22)19(26-18)27-28-15-4-2-1-3-10(15)5-16(28)20(29)30/h6-10,15-16H,1-5H2,(H,23,24)(H,29,30)(H,25,26,27)/t10-,15-,16-/m0/s1. The Morgan fingerprint density at radius 2 is 2.07 bits per heavy atom. The molecule has 1 saturated carbocycles. The number of hydrogen-bond acceptors (Lipinski definition) is 6. The van der Waals surface area contributed by atoms with Crippen molar-refractivity contribution in [1.29, 1.82) is 0 Å². The topological polar surface area (TPSA) is 107 Å². The van der Waals surface area contributed by atoms with Crippen LogP contribution in [0.25, 0.3) is 22.4 Å². The third-order valence-electron chi connectivity index (χ3n) is 6.09. The van der Waals surface area contributed by atoms with Gasteiger partial charge >= 0.3 is 5.97 Å². The molecule has 0 radical (unpaired) electrons. The number of carboxylic acid groups (broad SMARTS) is 1. The lowest BCUT2D eigenvalue weighted by molar-refractivity contribution is -0.142. The van der Waals surface area contributed by atoms with Crippen molar-refractivity contribution in [3.63, 3.8) is 0 Å². The third-order valence-corrected chi connectivity index (χ3v) is 6.09. The summed E-state index contributed by atoms with van der Waals surface area (Å²) in [6.07, 6.45) is 8.16. The van der Waals surface area contributed by atoms with Gasteiger partial charge in [0.15, 0.2) is 17.5 Å². The van der Waals surface area contributed by atoms with Crippen LogP contribution in [-0.2, 0) is 4.79 Å². The van der Waals surface area contributed by atoms with Crippen molar-refractivity contribution in [1.82, 2.24) is 24.9 Å². The third kappa shape index (κ3) is 3.17. The number of carbonyl (C=O) groups is 1. The van der Waals surface area contributed by atoms with Crippen LogP contribution >= 0.6 is 0 Å². The Kier molecular flexibility index (Phi) is 4.58. The van der Waals surface area contributed by atoms with E-state index in [1.165, 1.54) is 6.07 Å². The molecule has 0 amide bonds. The number of pyridine rings is 1. The second-order valence-electron chi connectivity index (χ2n) is 7.86. The van der Waals surface area contributed by atoms with Crippen LogP contribution < -0.4 is 5.43 Å². The van der Waals surface area contributed by atoms with Gasteiger partial charge in [0, 0.05) is 23.2 Å². The molecule has 3 atom stereocenters. The number of hydrazine groups is 1. The molecule has 5 rings (SSSR count). The van der Waals surface area contributed by atoms with Gasteiger partial charge in [-0.25, -0.2) is 28.7 Å². The molecule has 3 aromatic rings. The zero-order chi connectivity index (χ0) is 20.8. The zero-order valence-electron chi connectivity index (χ0n) is 16.0. The summed E-state index contributed by atoms with van der Waals surface area (Å²) in [5.74, 6) is -1.79. The predicted molar refractivity (Wildman–Crippen MR) is 104 cm³/mol. The van der Waals surface area contributed by atoms with E-state index in [0.717, 1.165) is 38.1 Å². The van der Waals surface area contributed by atoms with Crippen LogP contribution in [0.3, 0.4) is 0 Å². The molecule has 3 aromatic heterocycles. The van der Waals surface area contributed by atoms with Gasteiger partial charge in [0.05, 0.1) is 12.4 Å². The minimum Gasteiger partial charge on any atom is -0.480 e. The van der Waals surface area contributed by atoms with E-state index in [1.807, 2.05) is 0 Å². The van der Waals surface area contributed by atoms with Gasteiger partial charge in [0.2, 0.25) is 0 Å². The van der Waals surface area contributed by atoms with Gasteiger partial charge in [-0.2, -0.15) is 0 Å². The number of fused-ring (bicyclic) bond motifs is 2. The Morgan fingerprint density at radius 3 is 2.90 bits per heavy atom. The molecule has 0 unspecified atom stereocenters. The average molecular weight is 414 g/mol. The number of aromatic nitrogens is 4. The van der Waals surface area contributed by atoms with E-state index in [0.29, 0.717) is 23.0 Å². The molecule has 8 nitrogen and oxygen atoms in total. The van der Waals surface area contributed by atoms with E-state index >= 15 is 0 Å². The lowest BCUT2D eigenvalue weighted by atomic mass is 9.85. The molecule has 1 aliphatic carbocycles. The molecule has 1 saturated heterocycles. The van der Waals surface area contributed by atoms with Gasteiger partial charge < -0.3 is 10.1 Å². The largest absolute Gasteiger partial charge is 0.480 e. The molecule has 3 N–H and O–H groups in total. The summed E-state index contributed by atoms with van der Waals surface area (Å²) < 4.78 is 28.2. The van der Waals surface area contributed by atoms with Gasteiger partial charge in [-0.3, -0.25) is 10.2 Å². The van der Waals surface area contributed by atoms with Crippen molar-refractivity contribution in [2.45, 2.75) is 44.2 Å². The summed E-state index contributed by atoms with van der Waals surface area (Å²) in [7, 11) is 0. The Bertz CT molecular complexity index is 1120. The number of carboxylic acids is 1. The molecule has 10 heteroatoms. The number of nitrogens with one attached hydrogen (secondary N) is 2.